The molecule has 2 aromatic rings. The van der Waals surface area contributed by atoms with Gasteiger partial charge in [-0.3, -0.25) is 25.2 Å². The molecule has 146 valence electrons. The van der Waals surface area contributed by atoms with E-state index in [0.29, 0.717) is 23.8 Å². The Kier molecular flexibility index (Phi) is 4.88. The molecule has 2 aliphatic rings. The van der Waals surface area contributed by atoms with E-state index >= 15 is 0 Å². The summed E-state index contributed by atoms with van der Waals surface area (Å²) in [5, 5.41) is 0. The number of carbonyl (C=O) groups is 3. The van der Waals surface area contributed by atoms with Crippen LogP contribution in [0.3, 0.4) is 0 Å². The number of benzene rings is 1. The lowest BCUT2D eigenvalue weighted by Crippen LogP contribution is -2.52. The van der Waals surface area contributed by atoms with Crippen molar-refractivity contribution in [1.29, 1.82) is 0 Å². The fourth-order valence-electron chi connectivity index (χ4n) is 3.15. The number of carbonyl (C=O) groups excluding carboxylic acids is 3. The van der Waals surface area contributed by atoms with E-state index in [1.54, 1.807) is 41.3 Å². The number of nitrogens with one attached hydrogen (secondary N) is 2. The van der Waals surface area contributed by atoms with Crippen molar-refractivity contribution >= 4 is 17.7 Å². The number of rotatable bonds is 4. The number of amides is 3. The molecule has 2 N–H and O–H groups in total. The lowest BCUT2D eigenvalue weighted by atomic mass is 10.1. The first-order valence-electron chi connectivity index (χ1n) is 8.88. The van der Waals surface area contributed by atoms with E-state index in [2.05, 4.69) is 10.9 Å². The van der Waals surface area contributed by atoms with Crippen LogP contribution in [0.25, 0.3) is 0 Å². The Balaban J connectivity index is 1.26. The topological polar surface area (TPSA) is 110 Å². The van der Waals surface area contributed by atoms with Gasteiger partial charge in [0.05, 0.1) is 18.7 Å². The summed E-state index contributed by atoms with van der Waals surface area (Å²) in [7, 11) is 0. The van der Waals surface area contributed by atoms with E-state index in [9.17, 15) is 14.4 Å². The Morgan fingerprint density at radius 2 is 1.86 bits per heavy atom. The second-order valence-corrected chi connectivity index (χ2v) is 6.60. The fourth-order valence-corrected chi connectivity index (χ4v) is 3.15. The highest BCUT2D eigenvalue weighted by atomic mass is 16.6. The molecule has 1 saturated heterocycles. The average Bonchev–Trinajstić information content (AvgIpc) is 3.36. The molecule has 3 heterocycles. The Labute approximate surface area is 160 Å². The number of hydrogen-bond donors (Lipinski definition) is 2. The average molecular weight is 385 g/mol. The van der Waals surface area contributed by atoms with Gasteiger partial charge in [-0.05, 0) is 24.3 Å². The summed E-state index contributed by atoms with van der Waals surface area (Å²) in [5.41, 5.74) is 4.71. The summed E-state index contributed by atoms with van der Waals surface area (Å²) in [6.07, 6.45) is 0.736. The van der Waals surface area contributed by atoms with Crippen molar-refractivity contribution in [2.24, 2.45) is 5.92 Å². The zero-order valence-electron chi connectivity index (χ0n) is 14.9. The molecule has 9 heteroatoms. The van der Waals surface area contributed by atoms with Gasteiger partial charge in [-0.1, -0.05) is 12.1 Å². The number of nitrogens with zero attached hydrogens (tertiary/aromatic N) is 1. The third-order valence-electron chi connectivity index (χ3n) is 4.62. The van der Waals surface area contributed by atoms with Crippen molar-refractivity contribution in [2.45, 2.75) is 19.1 Å². The number of likely N-dealkylation sites (tertiary alicyclic amines) is 1. The molecule has 0 radical (unpaired) electrons. The zero-order chi connectivity index (χ0) is 19.5. The molecule has 4 rings (SSSR count). The molecule has 0 spiro atoms. The van der Waals surface area contributed by atoms with Gasteiger partial charge in [0.25, 0.3) is 5.91 Å². The van der Waals surface area contributed by atoms with Crippen molar-refractivity contribution in [1.82, 2.24) is 15.8 Å². The van der Waals surface area contributed by atoms with Gasteiger partial charge < -0.3 is 18.8 Å². The van der Waals surface area contributed by atoms with Crippen LogP contribution >= 0.6 is 0 Å². The van der Waals surface area contributed by atoms with Gasteiger partial charge in [0.2, 0.25) is 17.9 Å². The zero-order valence-corrected chi connectivity index (χ0v) is 14.9. The maximum absolute atomic E-state index is 12.3. The highest BCUT2D eigenvalue weighted by molar-refractivity contribution is 5.91. The van der Waals surface area contributed by atoms with Crippen LogP contribution in [0.1, 0.15) is 12.2 Å². The van der Waals surface area contributed by atoms with E-state index in [0.717, 1.165) is 0 Å². The van der Waals surface area contributed by atoms with Crippen LogP contribution < -0.4 is 20.3 Å². The largest absolute Gasteiger partial charge is 0.485 e. The van der Waals surface area contributed by atoms with Gasteiger partial charge in [0.1, 0.15) is 12.4 Å². The maximum atomic E-state index is 12.3. The van der Waals surface area contributed by atoms with Gasteiger partial charge in [-0.2, -0.15) is 0 Å². The smallest absolute Gasteiger partial charge is 0.283 e. The van der Waals surface area contributed by atoms with E-state index in [-0.39, 0.29) is 25.5 Å². The van der Waals surface area contributed by atoms with Crippen molar-refractivity contribution in [3.05, 3.63) is 48.4 Å². The summed E-state index contributed by atoms with van der Waals surface area (Å²) in [6.45, 7) is 0.615. The molecule has 9 nitrogen and oxygen atoms in total. The van der Waals surface area contributed by atoms with Crippen LogP contribution in [0.4, 0.5) is 0 Å². The third kappa shape index (κ3) is 3.78. The summed E-state index contributed by atoms with van der Waals surface area (Å²) in [5.74, 6) is 0.0419. The number of hydrogen-bond acceptors (Lipinski definition) is 6. The molecule has 0 bridgehead atoms. The molecule has 2 atom stereocenters. The molecule has 0 aliphatic carbocycles. The minimum atomic E-state index is -0.879. The highest BCUT2D eigenvalue weighted by Crippen LogP contribution is 2.30. The molecular weight excluding hydrogens is 366 g/mol. The molecule has 1 aromatic heterocycles. The Morgan fingerprint density at radius 3 is 2.64 bits per heavy atom. The molecule has 2 aliphatic heterocycles. The van der Waals surface area contributed by atoms with Crippen LogP contribution in [0.15, 0.2) is 47.1 Å². The number of fused-ring (bicyclic) bond motifs is 1. The Morgan fingerprint density at radius 1 is 1.07 bits per heavy atom. The Bertz CT molecular complexity index is 882. The van der Waals surface area contributed by atoms with Crippen molar-refractivity contribution in [2.75, 3.05) is 13.2 Å². The van der Waals surface area contributed by atoms with E-state index in [1.807, 2.05) is 0 Å². The van der Waals surface area contributed by atoms with Gasteiger partial charge in [-0.15, -0.1) is 0 Å². The van der Waals surface area contributed by atoms with Gasteiger partial charge in [0, 0.05) is 13.0 Å². The molecule has 1 aromatic carbocycles. The fraction of sp³-hybridized carbons (Fsp3) is 0.316. The first-order valence-corrected chi connectivity index (χ1v) is 8.88. The molecule has 1 fully saturated rings. The lowest BCUT2D eigenvalue weighted by molar-refractivity contribution is -0.136. The lowest BCUT2D eigenvalue weighted by Gasteiger charge is -2.25. The summed E-state index contributed by atoms with van der Waals surface area (Å²) in [6, 6.07) is 10.5. The standard InChI is InChI=1S/C19H19N3O6/c23-17-8-12(9-22(17)10-13-4-3-7-26-13)18(24)20-21-19(25)16-11-27-14-5-1-2-6-15(14)28-16/h1-7,12,16H,8-11H2,(H,20,24)(H,21,25)/t12-,16-/m0/s1. The molecule has 0 unspecified atom stereocenters. The van der Waals surface area contributed by atoms with Crippen LogP contribution in [-0.4, -0.2) is 41.9 Å². The number of hydrazine groups is 1. The van der Waals surface area contributed by atoms with Gasteiger partial charge >= 0.3 is 0 Å². The molecule has 3 amide bonds. The molecule has 28 heavy (non-hydrogen) atoms. The highest BCUT2D eigenvalue weighted by Gasteiger charge is 2.35. The van der Waals surface area contributed by atoms with Gasteiger partial charge in [-0.25, -0.2) is 0 Å². The van der Waals surface area contributed by atoms with Crippen LogP contribution in [0, 0.1) is 5.92 Å². The quantitative estimate of drug-likeness (QED) is 0.747. The maximum Gasteiger partial charge on any atom is 0.283 e. The van der Waals surface area contributed by atoms with Crippen LogP contribution in [-0.2, 0) is 20.9 Å². The van der Waals surface area contributed by atoms with Crippen molar-refractivity contribution in [3.63, 3.8) is 0 Å². The first-order chi connectivity index (χ1) is 13.6. The number of ether oxygens (including phenoxy) is 2. The van der Waals surface area contributed by atoms with Gasteiger partial charge in [0.15, 0.2) is 11.5 Å². The predicted molar refractivity (Wildman–Crippen MR) is 94.9 cm³/mol. The number of furan rings is 1. The van der Waals surface area contributed by atoms with E-state index < -0.39 is 23.8 Å². The minimum Gasteiger partial charge on any atom is -0.485 e. The summed E-state index contributed by atoms with van der Waals surface area (Å²) in [4.78, 5) is 38.2. The summed E-state index contributed by atoms with van der Waals surface area (Å²) >= 11 is 0. The Hall–Kier alpha value is -3.49. The summed E-state index contributed by atoms with van der Waals surface area (Å²) < 4.78 is 16.3. The SMILES string of the molecule is O=C(NNC(=O)[C@@H]1COc2ccccc2O1)[C@H]1CC(=O)N(Cc2ccco2)C1. The molecule has 0 saturated carbocycles. The van der Waals surface area contributed by atoms with Crippen LogP contribution in [0.2, 0.25) is 0 Å². The van der Waals surface area contributed by atoms with E-state index in [1.165, 1.54) is 6.26 Å². The van der Waals surface area contributed by atoms with Crippen molar-refractivity contribution in [3.8, 4) is 11.5 Å². The first kappa shape index (κ1) is 17.9. The number of para-hydroxylation sites is 2. The third-order valence-corrected chi connectivity index (χ3v) is 4.62. The van der Waals surface area contributed by atoms with E-state index in [4.69, 9.17) is 13.9 Å². The monoisotopic (exact) mass is 385 g/mol. The second kappa shape index (κ2) is 7.63. The normalized spacial score (nSPS) is 20.7. The minimum absolute atomic E-state index is 0.0392. The second-order valence-electron chi connectivity index (χ2n) is 6.60. The predicted octanol–water partition coefficient (Wildman–Crippen LogP) is 0.616. The van der Waals surface area contributed by atoms with Crippen molar-refractivity contribution < 1.29 is 28.3 Å². The molecular formula is C19H19N3O6. The van der Waals surface area contributed by atoms with Crippen LogP contribution in [0.5, 0.6) is 11.5 Å².